The first-order valence-electron chi connectivity index (χ1n) is 10.9. The van der Waals surface area contributed by atoms with Gasteiger partial charge >= 0.3 is 6.36 Å². The molecule has 1 saturated heterocycles. The Balaban J connectivity index is 1.81. The molecule has 10 heteroatoms. The number of nitrogens with one attached hydrogen (secondary N) is 2. The molecule has 2 N–H and O–H groups in total. The number of likely N-dealkylation sites (N-methyl/N-ethyl adjacent to an activating group) is 1. The highest BCUT2D eigenvalue weighted by atomic mass is 35.5. The lowest BCUT2D eigenvalue weighted by Crippen LogP contribution is -2.54. The van der Waals surface area contributed by atoms with Crippen molar-refractivity contribution in [3.05, 3.63) is 53.7 Å². The maximum absolute atomic E-state index is 13.2. The molecule has 1 aliphatic heterocycles. The Kier molecular flexibility index (Phi) is 8.20. The number of rotatable bonds is 7. The minimum atomic E-state index is -4.99. The highest BCUT2D eigenvalue weighted by molar-refractivity contribution is 6.29. The number of nitrogens with zero attached hydrogens (tertiary/aromatic N) is 1. The molecule has 0 aromatic heterocycles. The molecule has 0 bridgehead atoms. The quantitative estimate of drug-likeness (QED) is 0.574. The van der Waals surface area contributed by atoms with Crippen molar-refractivity contribution in [2.45, 2.75) is 50.1 Å². The fourth-order valence-electron chi connectivity index (χ4n) is 4.08. The van der Waals surface area contributed by atoms with E-state index in [9.17, 15) is 22.8 Å². The third-order valence-corrected chi connectivity index (χ3v) is 5.98. The summed E-state index contributed by atoms with van der Waals surface area (Å²) in [7, 11) is 0. The van der Waals surface area contributed by atoms with Crippen molar-refractivity contribution in [2.75, 3.05) is 19.6 Å². The Morgan fingerprint density at radius 3 is 2.61 bits per heavy atom. The van der Waals surface area contributed by atoms with Gasteiger partial charge in [0.05, 0.1) is 6.54 Å². The lowest BCUT2D eigenvalue weighted by atomic mass is 9.92. The van der Waals surface area contributed by atoms with E-state index in [1.54, 1.807) is 30.3 Å². The number of amides is 2. The number of carbonyl (C=O) groups excluding carboxylic acids is 2. The van der Waals surface area contributed by atoms with Gasteiger partial charge in [-0.2, -0.15) is 0 Å². The maximum atomic E-state index is 13.2. The molecule has 1 aromatic carbocycles. The van der Waals surface area contributed by atoms with Gasteiger partial charge in [0.25, 0.3) is 0 Å². The zero-order chi connectivity index (χ0) is 24.1. The van der Waals surface area contributed by atoms with Crippen LogP contribution in [-0.4, -0.2) is 53.8 Å². The number of piperidine rings is 1. The van der Waals surface area contributed by atoms with E-state index >= 15 is 0 Å². The normalized spacial score (nSPS) is 23.5. The SMILES string of the molecule is CCNCC(=O)N1CCCCC1C(=O)NC1=CC=C(c2ccccc2)C(Cl)(OC(F)(F)F)C1. The predicted octanol–water partition coefficient (Wildman–Crippen LogP) is 3.94. The first-order valence-corrected chi connectivity index (χ1v) is 11.2. The fourth-order valence-corrected chi connectivity index (χ4v) is 4.48. The minimum absolute atomic E-state index is 0.121. The van der Waals surface area contributed by atoms with E-state index in [-0.39, 0.29) is 23.7 Å². The predicted molar refractivity (Wildman–Crippen MR) is 119 cm³/mol. The van der Waals surface area contributed by atoms with Gasteiger partial charge in [0.15, 0.2) is 5.06 Å². The van der Waals surface area contributed by atoms with Crippen LogP contribution >= 0.6 is 11.6 Å². The van der Waals surface area contributed by atoms with Crippen molar-refractivity contribution >= 4 is 29.0 Å². The van der Waals surface area contributed by atoms with Crippen molar-refractivity contribution in [1.29, 1.82) is 0 Å². The first kappa shape index (κ1) is 25.3. The largest absolute Gasteiger partial charge is 0.524 e. The van der Waals surface area contributed by atoms with Crippen molar-refractivity contribution in [1.82, 2.24) is 15.5 Å². The van der Waals surface area contributed by atoms with Crippen LogP contribution in [0.4, 0.5) is 13.2 Å². The second kappa shape index (κ2) is 10.7. The molecule has 1 heterocycles. The summed E-state index contributed by atoms with van der Waals surface area (Å²) in [4.78, 5) is 27.1. The van der Waals surface area contributed by atoms with Crippen LogP contribution in [0.25, 0.3) is 5.57 Å². The molecule has 0 saturated carbocycles. The summed E-state index contributed by atoms with van der Waals surface area (Å²) in [6.07, 6.45) is -0.405. The highest BCUT2D eigenvalue weighted by Crippen LogP contribution is 2.45. The number of ether oxygens (including phenoxy) is 1. The average Bonchev–Trinajstić information content (AvgIpc) is 2.76. The Morgan fingerprint density at radius 1 is 1.21 bits per heavy atom. The standard InChI is InChI=1S/C23H27ClF3N3O3/c1-2-28-15-20(31)30-13-7-6-10-19(30)21(32)29-17-11-12-18(16-8-4-3-5-9-16)22(24,14-17)33-23(25,26)27/h3-5,8-9,11-12,19,28H,2,6-7,10,13-15H2,1H3,(H,29,32). The number of benzene rings is 1. The summed E-state index contributed by atoms with van der Waals surface area (Å²) in [5.41, 5.74) is 0.801. The number of hydrogen-bond acceptors (Lipinski definition) is 4. The summed E-state index contributed by atoms with van der Waals surface area (Å²) < 4.78 is 43.9. The monoisotopic (exact) mass is 485 g/mol. The second-order valence-electron chi connectivity index (χ2n) is 7.96. The number of halogens is 4. The third kappa shape index (κ3) is 6.59. The van der Waals surface area contributed by atoms with E-state index in [0.29, 0.717) is 25.1 Å². The zero-order valence-corrected chi connectivity index (χ0v) is 19.0. The lowest BCUT2D eigenvalue weighted by Gasteiger charge is -2.37. The van der Waals surface area contributed by atoms with Crippen LogP contribution < -0.4 is 10.6 Å². The Morgan fingerprint density at radius 2 is 1.94 bits per heavy atom. The molecule has 1 aromatic rings. The van der Waals surface area contributed by atoms with Crippen LogP contribution in [0.5, 0.6) is 0 Å². The van der Waals surface area contributed by atoms with Crippen molar-refractivity contribution in [3.8, 4) is 0 Å². The molecular weight excluding hydrogens is 459 g/mol. The molecule has 2 atom stereocenters. The molecule has 2 amide bonds. The number of hydrogen-bond donors (Lipinski definition) is 2. The van der Waals surface area contributed by atoms with Gasteiger partial charge in [-0.05, 0) is 37.4 Å². The molecule has 0 radical (unpaired) electrons. The third-order valence-electron chi connectivity index (χ3n) is 5.57. The van der Waals surface area contributed by atoms with Crippen LogP contribution in [0.1, 0.15) is 38.2 Å². The topological polar surface area (TPSA) is 70.7 Å². The van der Waals surface area contributed by atoms with Crippen LogP contribution in [0, 0.1) is 0 Å². The minimum Gasteiger partial charge on any atom is -0.330 e. The van der Waals surface area contributed by atoms with Crippen molar-refractivity contribution in [3.63, 3.8) is 0 Å². The molecule has 33 heavy (non-hydrogen) atoms. The van der Waals surface area contributed by atoms with E-state index in [4.69, 9.17) is 11.6 Å². The summed E-state index contributed by atoms with van der Waals surface area (Å²) in [5.74, 6) is -0.638. The van der Waals surface area contributed by atoms with E-state index in [0.717, 1.165) is 12.8 Å². The van der Waals surface area contributed by atoms with Gasteiger partial charge in [0.1, 0.15) is 6.04 Å². The summed E-state index contributed by atoms with van der Waals surface area (Å²) in [6, 6.07) is 7.68. The smallest absolute Gasteiger partial charge is 0.330 e. The van der Waals surface area contributed by atoms with Crippen molar-refractivity contribution in [2.24, 2.45) is 0 Å². The fraction of sp³-hybridized carbons (Fsp3) is 0.478. The Bertz CT molecular complexity index is 921. The molecule has 180 valence electrons. The number of likely N-dealkylation sites (tertiary alicyclic amines) is 1. The van der Waals surface area contributed by atoms with Crippen molar-refractivity contribution < 1.29 is 27.5 Å². The zero-order valence-electron chi connectivity index (χ0n) is 18.3. The molecular formula is C23H27ClF3N3O3. The number of alkyl halides is 4. The van der Waals surface area contributed by atoms with Gasteiger partial charge in [0.2, 0.25) is 11.8 Å². The Hall–Kier alpha value is -2.36. The average molecular weight is 486 g/mol. The van der Waals surface area contributed by atoms with Gasteiger partial charge < -0.3 is 15.5 Å². The van der Waals surface area contributed by atoms with Crippen LogP contribution in [0.3, 0.4) is 0 Å². The number of allylic oxidation sites excluding steroid dienone is 2. The molecule has 2 aliphatic rings. The second-order valence-corrected chi connectivity index (χ2v) is 8.57. The molecule has 6 nitrogen and oxygen atoms in total. The van der Waals surface area contributed by atoms with Gasteiger partial charge in [0, 0.05) is 24.2 Å². The molecule has 0 spiro atoms. The van der Waals surface area contributed by atoms with Gasteiger partial charge in [-0.1, -0.05) is 54.9 Å². The van der Waals surface area contributed by atoms with E-state index in [1.807, 2.05) is 6.92 Å². The summed E-state index contributed by atoms with van der Waals surface area (Å²) >= 11 is 6.39. The molecule has 1 aliphatic carbocycles. The van der Waals surface area contributed by atoms with Gasteiger partial charge in [-0.25, -0.2) is 0 Å². The lowest BCUT2D eigenvalue weighted by molar-refractivity contribution is -0.342. The van der Waals surface area contributed by atoms with E-state index in [1.165, 1.54) is 17.1 Å². The van der Waals surface area contributed by atoms with Gasteiger partial charge in [-0.3, -0.25) is 14.3 Å². The summed E-state index contributed by atoms with van der Waals surface area (Å²) in [6.45, 7) is 3.07. The van der Waals surface area contributed by atoms with E-state index in [2.05, 4.69) is 15.4 Å². The van der Waals surface area contributed by atoms with Gasteiger partial charge in [-0.15, -0.1) is 13.2 Å². The van der Waals surface area contributed by atoms with Crippen LogP contribution in [0.2, 0.25) is 0 Å². The first-order chi connectivity index (χ1) is 15.6. The summed E-state index contributed by atoms with van der Waals surface area (Å²) in [5, 5.41) is 3.38. The number of carbonyl (C=O) groups is 2. The Labute approximate surface area is 195 Å². The molecule has 1 fully saturated rings. The molecule has 2 unspecified atom stereocenters. The highest BCUT2D eigenvalue weighted by Gasteiger charge is 2.47. The molecule has 3 rings (SSSR count). The van der Waals surface area contributed by atoms with E-state index < -0.39 is 29.8 Å². The van der Waals surface area contributed by atoms with Crippen LogP contribution in [0.15, 0.2) is 48.2 Å². The van der Waals surface area contributed by atoms with Crippen LogP contribution in [-0.2, 0) is 14.3 Å². The maximum Gasteiger partial charge on any atom is 0.524 e.